The molecule has 1 fully saturated rings. The minimum absolute atomic E-state index is 0.0419. The Hall–Kier alpha value is -1.89. The summed E-state index contributed by atoms with van der Waals surface area (Å²) in [6.45, 7) is 4.26. The van der Waals surface area contributed by atoms with E-state index in [9.17, 15) is 14.9 Å². The van der Waals surface area contributed by atoms with E-state index in [-0.39, 0.29) is 11.6 Å². The van der Waals surface area contributed by atoms with Crippen molar-refractivity contribution in [3.05, 3.63) is 28.1 Å². The summed E-state index contributed by atoms with van der Waals surface area (Å²) in [7, 11) is 0. The van der Waals surface area contributed by atoms with Crippen molar-refractivity contribution in [3.63, 3.8) is 0 Å². The third-order valence-electron chi connectivity index (χ3n) is 3.56. The molecule has 1 aliphatic heterocycles. The molecule has 2 rings (SSSR count). The Morgan fingerprint density at radius 3 is 2.89 bits per heavy atom. The molecular formula is C12H18N4O3. The van der Waals surface area contributed by atoms with Gasteiger partial charge in [-0.2, -0.15) is 0 Å². The molecule has 2 N–H and O–H groups in total. The molecule has 1 aromatic rings. The van der Waals surface area contributed by atoms with Crippen LogP contribution >= 0.6 is 0 Å². The zero-order chi connectivity index (χ0) is 14.0. The van der Waals surface area contributed by atoms with Gasteiger partial charge in [0, 0.05) is 25.7 Å². The topological polar surface area (TPSA) is 94.4 Å². The lowest BCUT2D eigenvalue weighted by Gasteiger charge is -2.16. The van der Waals surface area contributed by atoms with E-state index in [4.69, 9.17) is 5.73 Å². The van der Waals surface area contributed by atoms with Gasteiger partial charge in [0.25, 0.3) is 11.6 Å². The molecule has 7 heteroatoms. The Bertz CT molecular complexity index is 497. The maximum absolute atomic E-state index is 12.4. The van der Waals surface area contributed by atoms with Crippen LogP contribution in [0.25, 0.3) is 0 Å². The van der Waals surface area contributed by atoms with E-state index >= 15 is 0 Å². The van der Waals surface area contributed by atoms with Gasteiger partial charge < -0.3 is 15.2 Å². The summed E-state index contributed by atoms with van der Waals surface area (Å²) in [4.78, 5) is 24.4. The molecule has 0 saturated carbocycles. The van der Waals surface area contributed by atoms with E-state index < -0.39 is 4.92 Å². The maximum atomic E-state index is 12.4. The Kier molecular flexibility index (Phi) is 3.84. The highest BCUT2D eigenvalue weighted by atomic mass is 16.6. The number of carbonyl (C=O) groups excluding carboxylic acids is 1. The van der Waals surface area contributed by atoms with Crippen LogP contribution in [0.4, 0.5) is 5.69 Å². The first-order chi connectivity index (χ1) is 9.06. The number of nitrogens with zero attached hydrogens (tertiary/aromatic N) is 3. The van der Waals surface area contributed by atoms with E-state index in [1.165, 1.54) is 12.3 Å². The predicted octanol–water partition coefficient (Wildman–Crippen LogP) is 0.837. The van der Waals surface area contributed by atoms with Crippen molar-refractivity contribution < 1.29 is 9.72 Å². The van der Waals surface area contributed by atoms with Crippen LogP contribution in [0, 0.1) is 16.0 Å². The maximum Gasteiger partial charge on any atom is 0.287 e. The summed E-state index contributed by atoms with van der Waals surface area (Å²) in [5, 5.41) is 10.8. The highest BCUT2D eigenvalue weighted by molar-refractivity contribution is 5.93. The van der Waals surface area contributed by atoms with Gasteiger partial charge in [0.05, 0.1) is 11.1 Å². The zero-order valence-corrected chi connectivity index (χ0v) is 10.9. The second-order valence-electron chi connectivity index (χ2n) is 4.77. The lowest BCUT2D eigenvalue weighted by molar-refractivity contribution is -0.384. The van der Waals surface area contributed by atoms with E-state index in [0.29, 0.717) is 37.8 Å². The number of rotatable bonds is 4. The van der Waals surface area contributed by atoms with Crippen LogP contribution < -0.4 is 5.73 Å². The first-order valence-electron chi connectivity index (χ1n) is 6.40. The number of nitrogens with two attached hydrogens (primary N) is 1. The van der Waals surface area contributed by atoms with Gasteiger partial charge in [0.15, 0.2) is 0 Å². The molecule has 0 aliphatic carbocycles. The van der Waals surface area contributed by atoms with Crippen LogP contribution in [0.2, 0.25) is 0 Å². The normalized spacial score (nSPS) is 18.8. The fraction of sp³-hybridized carbons (Fsp3) is 0.583. The van der Waals surface area contributed by atoms with Crippen LogP contribution in [0.3, 0.4) is 0 Å². The fourth-order valence-electron chi connectivity index (χ4n) is 2.41. The molecular weight excluding hydrogens is 248 g/mol. The molecule has 0 spiro atoms. The number of carbonyl (C=O) groups is 1. The predicted molar refractivity (Wildman–Crippen MR) is 69.8 cm³/mol. The van der Waals surface area contributed by atoms with E-state index in [1.54, 1.807) is 9.47 Å². The summed E-state index contributed by atoms with van der Waals surface area (Å²) in [6.07, 6.45) is 2.31. The fourth-order valence-corrected chi connectivity index (χ4v) is 2.41. The summed E-state index contributed by atoms with van der Waals surface area (Å²) < 4.78 is 1.62. The van der Waals surface area contributed by atoms with Crippen LogP contribution in [-0.2, 0) is 6.54 Å². The van der Waals surface area contributed by atoms with E-state index in [0.717, 1.165) is 6.42 Å². The second-order valence-corrected chi connectivity index (χ2v) is 4.77. The molecule has 104 valence electrons. The number of aryl methyl sites for hydroxylation is 1. The number of nitro groups is 1. The van der Waals surface area contributed by atoms with Crippen molar-refractivity contribution in [1.29, 1.82) is 0 Å². The summed E-state index contributed by atoms with van der Waals surface area (Å²) >= 11 is 0. The number of hydrogen-bond donors (Lipinski definition) is 1. The molecule has 1 atom stereocenters. The summed E-state index contributed by atoms with van der Waals surface area (Å²) in [6, 6.07) is 1.35. The number of hydrogen-bond acceptors (Lipinski definition) is 4. The smallest absolute Gasteiger partial charge is 0.287 e. The summed E-state index contributed by atoms with van der Waals surface area (Å²) in [5.74, 6) is 0.190. The third-order valence-corrected chi connectivity index (χ3v) is 3.56. The van der Waals surface area contributed by atoms with Crippen molar-refractivity contribution in [2.75, 3.05) is 19.6 Å². The lowest BCUT2D eigenvalue weighted by atomic mass is 10.1. The van der Waals surface area contributed by atoms with Crippen LogP contribution in [0.5, 0.6) is 0 Å². The Morgan fingerprint density at radius 1 is 1.63 bits per heavy atom. The van der Waals surface area contributed by atoms with Crippen LogP contribution in [-0.4, -0.2) is 39.9 Å². The van der Waals surface area contributed by atoms with Crippen LogP contribution in [0.15, 0.2) is 12.3 Å². The molecule has 1 aromatic heterocycles. The SMILES string of the molecule is CCn1cc([N+](=O)[O-])cc1C(=O)N1CCC(CN)C1. The highest BCUT2D eigenvalue weighted by Gasteiger charge is 2.29. The van der Waals surface area contributed by atoms with E-state index in [2.05, 4.69) is 0 Å². The van der Waals surface area contributed by atoms with Crippen molar-refractivity contribution >= 4 is 11.6 Å². The van der Waals surface area contributed by atoms with Gasteiger partial charge in [0.2, 0.25) is 0 Å². The quantitative estimate of drug-likeness (QED) is 0.645. The van der Waals surface area contributed by atoms with E-state index in [1.807, 2.05) is 6.92 Å². The first kappa shape index (κ1) is 13.5. The molecule has 19 heavy (non-hydrogen) atoms. The van der Waals surface area contributed by atoms with Crippen molar-refractivity contribution in [3.8, 4) is 0 Å². The van der Waals surface area contributed by atoms with Crippen molar-refractivity contribution in [2.45, 2.75) is 19.9 Å². The monoisotopic (exact) mass is 266 g/mol. The number of likely N-dealkylation sites (tertiary alicyclic amines) is 1. The van der Waals surface area contributed by atoms with Crippen LogP contribution in [0.1, 0.15) is 23.8 Å². The van der Waals surface area contributed by atoms with Gasteiger partial charge in [-0.3, -0.25) is 14.9 Å². The van der Waals surface area contributed by atoms with Gasteiger partial charge in [-0.25, -0.2) is 0 Å². The highest BCUT2D eigenvalue weighted by Crippen LogP contribution is 2.22. The second kappa shape index (κ2) is 5.40. The minimum Gasteiger partial charge on any atom is -0.337 e. The summed E-state index contributed by atoms with van der Waals surface area (Å²) in [5.41, 5.74) is 5.94. The van der Waals surface area contributed by atoms with Crippen molar-refractivity contribution in [1.82, 2.24) is 9.47 Å². The Labute approximate surface area is 111 Å². The van der Waals surface area contributed by atoms with Gasteiger partial charge in [-0.05, 0) is 25.8 Å². The molecule has 2 heterocycles. The average Bonchev–Trinajstić information content (AvgIpc) is 3.04. The van der Waals surface area contributed by atoms with Gasteiger partial charge in [-0.1, -0.05) is 0 Å². The molecule has 0 aromatic carbocycles. The molecule has 7 nitrogen and oxygen atoms in total. The van der Waals surface area contributed by atoms with Gasteiger partial charge in [-0.15, -0.1) is 0 Å². The molecule has 1 aliphatic rings. The Morgan fingerprint density at radius 2 is 2.37 bits per heavy atom. The minimum atomic E-state index is -0.477. The average molecular weight is 266 g/mol. The molecule has 1 unspecified atom stereocenters. The molecule has 0 bridgehead atoms. The first-order valence-corrected chi connectivity index (χ1v) is 6.40. The zero-order valence-electron chi connectivity index (χ0n) is 10.9. The Balaban J connectivity index is 2.21. The van der Waals surface area contributed by atoms with Crippen molar-refractivity contribution in [2.24, 2.45) is 11.7 Å². The van der Waals surface area contributed by atoms with Gasteiger partial charge in [0.1, 0.15) is 5.69 Å². The standard InChI is InChI=1S/C12H18N4O3/c1-2-14-8-10(16(18)19)5-11(14)12(17)15-4-3-9(6-13)7-15/h5,8-9H,2-4,6-7,13H2,1H3. The number of aromatic nitrogens is 1. The van der Waals surface area contributed by atoms with Gasteiger partial charge >= 0.3 is 0 Å². The molecule has 1 amide bonds. The molecule has 1 saturated heterocycles. The lowest BCUT2D eigenvalue weighted by Crippen LogP contribution is -2.31. The largest absolute Gasteiger partial charge is 0.337 e. The molecule has 0 radical (unpaired) electrons. The number of amides is 1. The third kappa shape index (κ3) is 2.60.